The second-order valence-corrected chi connectivity index (χ2v) is 6.57. The van der Waals surface area contributed by atoms with Gasteiger partial charge in [0.15, 0.2) is 0 Å². The van der Waals surface area contributed by atoms with Crippen molar-refractivity contribution >= 4 is 33.4 Å². The Hall–Kier alpha value is -1.40. The largest absolute Gasteiger partial charge is 0.341 e. The zero-order chi connectivity index (χ0) is 15.5. The van der Waals surface area contributed by atoms with Crippen LogP contribution in [-0.4, -0.2) is 49.4 Å². The molecule has 6 heteroatoms. The summed E-state index contributed by atoms with van der Waals surface area (Å²) in [5, 5.41) is 3.28. The lowest BCUT2D eigenvalue weighted by molar-refractivity contribution is -0.139. The first-order valence-corrected chi connectivity index (χ1v) is 8.53. The van der Waals surface area contributed by atoms with Crippen LogP contribution in [0.4, 0.5) is 5.69 Å². The number of benzene rings is 1. The number of amides is 2. The molecule has 3 rings (SSSR count). The third kappa shape index (κ3) is 3.03. The molecule has 0 bridgehead atoms. The predicted octanol–water partition coefficient (Wildman–Crippen LogP) is 1.62. The van der Waals surface area contributed by atoms with Crippen LogP contribution in [0.3, 0.4) is 0 Å². The lowest BCUT2D eigenvalue weighted by Crippen LogP contribution is -2.41. The highest BCUT2D eigenvalue weighted by Crippen LogP contribution is 2.32. The van der Waals surface area contributed by atoms with Crippen molar-refractivity contribution in [2.24, 2.45) is 5.92 Å². The summed E-state index contributed by atoms with van der Waals surface area (Å²) in [6.07, 6.45) is 1.55. The number of hydrogen-bond donors (Lipinski definition) is 1. The molecule has 0 spiro atoms. The molecule has 1 aromatic rings. The van der Waals surface area contributed by atoms with Crippen molar-refractivity contribution in [3.63, 3.8) is 0 Å². The van der Waals surface area contributed by atoms with Gasteiger partial charge >= 0.3 is 0 Å². The SMILES string of the molecule is O=C(C1CCN(c2ccccc2Br)C1=O)N1CCCNCC1. The van der Waals surface area contributed by atoms with E-state index in [9.17, 15) is 9.59 Å². The van der Waals surface area contributed by atoms with Crippen molar-refractivity contribution < 1.29 is 9.59 Å². The van der Waals surface area contributed by atoms with Gasteiger partial charge in [-0.1, -0.05) is 12.1 Å². The molecule has 2 heterocycles. The number of rotatable bonds is 2. The second kappa shape index (κ2) is 6.79. The van der Waals surface area contributed by atoms with E-state index in [4.69, 9.17) is 0 Å². The molecule has 0 aliphatic carbocycles. The molecule has 5 nitrogen and oxygen atoms in total. The lowest BCUT2D eigenvalue weighted by atomic mass is 10.1. The van der Waals surface area contributed by atoms with Crippen LogP contribution in [-0.2, 0) is 9.59 Å². The van der Waals surface area contributed by atoms with E-state index in [1.807, 2.05) is 29.2 Å². The number of anilines is 1. The third-order valence-corrected chi connectivity index (χ3v) is 4.97. The first-order chi connectivity index (χ1) is 10.7. The molecule has 0 radical (unpaired) electrons. The van der Waals surface area contributed by atoms with Gasteiger partial charge in [0.1, 0.15) is 5.92 Å². The normalized spacial score (nSPS) is 22.8. The minimum atomic E-state index is -0.523. The zero-order valence-electron chi connectivity index (χ0n) is 12.4. The molecule has 2 saturated heterocycles. The van der Waals surface area contributed by atoms with Gasteiger partial charge in [-0.25, -0.2) is 0 Å². The fourth-order valence-corrected chi connectivity index (χ4v) is 3.60. The van der Waals surface area contributed by atoms with Gasteiger partial charge in [0, 0.05) is 30.7 Å². The van der Waals surface area contributed by atoms with Crippen LogP contribution in [0.15, 0.2) is 28.7 Å². The molecule has 1 unspecified atom stereocenters. The van der Waals surface area contributed by atoms with E-state index in [-0.39, 0.29) is 11.8 Å². The van der Waals surface area contributed by atoms with Gasteiger partial charge in [0.25, 0.3) is 0 Å². The topological polar surface area (TPSA) is 52.7 Å². The van der Waals surface area contributed by atoms with Crippen molar-refractivity contribution in [3.05, 3.63) is 28.7 Å². The van der Waals surface area contributed by atoms with E-state index >= 15 is 0 Å². The lowest BCUT2D eigenvalue weighted by Gasteiger charge is -2.23. The Morgan fingerprint density at radius 2 is 2.00 bits per heavy atom. The standard InChI is InChI=1S/C16H20BrN3O2/c17-13-4-1-2-5-14(13)20-10-6-12(16(20)22)15(21)19-9-3-7-18-8-11-19/h1-2,4-5,12,18H,3,6-11H2. The number of nitrogens with one attached hydrogen (secondary N) is 1. The van der Waals surface area contributed by atoms with Gasteiger partial charge in [0.05, 0.1) is 5.69 Å². The highest BCUT2D eigenvalue weighted by atomic mass is 79.9. The van der Waals surface area contributed by atoms with Gasteiger partial charge in [0.2, 0.25) is 11.8 Å². The van der Waals surface area contributed by atoms with Crippen molar-refractivity contribution in [1.82, 2.24) is 10.2 Å². The van der Waals surface area contributed by atoms with Crippen LogP contribution in [0.1, 0.15) is 12.8 Å². The maximum absolute atomic E-state index is 12.7. The van der Waals surface area contributed by atoms with E-state index in [0.29, 0.717) is 19.5 Å². The molecule has 0 saturated carbocycles. The molecule has 1 atom stereocenters. The molecule has 1 aromatic carbocycles. The van der Waals surface area contributed by atoms with E-state index in [2.05, 4.69) is 21.2 Å². The highest BCUT2D eigenvalue weighted by Gasteiger charge is 2.40. The summed E-state index contributed by atoms with van der Waals surface area (Å²) in [5.41, 5.74) is 0.848. The van der Waals surface area contributed by atoms with Gasteiger partial charge in [-0.2, -0.15) is 0 Å². The number of nitrogens with zero attached hydrogens (tertiary/aromatic N) is 2. The molecule has 2 aliphatic heterocycles. The molecule has 22 heavy (non-hydrogen) atoms. The van der Waals surface area contributed by atoms with Crippen LogP contribution in [0.2, 0.25) is 0 Å². The number of carbonyl (C=O) groups excluding carboxylic acids is 2. The average Bonchev–Trinajstić information content (AvgIpc) is 2.75. The van der Waals surface area contributed by atoms with Gasteiger partial charge in [-0.05, 0) is 47.4 Å². The van der Waals surface area contributed by atoms with Crippen molar-refractivity contribution in [1.29, 1.82) is 0 Å². The Morgan fingerprint density at radius 3 is 2.82 bits per heavy atom. The molecule has 1 N–H and O–H groups in total. The molecular formula is C16H20BrN3O2. The van der Waals surface area contributed by atoms with Gasteiger partial charge in [-0.15, -0.1) is 0 Å². The minimum Gasteiger partial charge on any atom is -0.341 e. The Kier molecular flexibility index (Phi) is 4.78. The van der Waals surface area contributed by atoms with Crippen molar-refractivity contribution in [2.75, 3.05) is 37.6 Å². The Labute approximate surface area is 138 Å². The Bertz CT molecular complexity index is 570. The van der Waals surface area contributed by atoms with Gasteiger partial charge < -0.3 is 15.1 Å². The predicted molar refractivity (Wildman–Crippen MR) is 88.7 cm³/mol. The van der Waals surface area contributed by atoms with E-state index < -0.39 is 5.92 Å². The van der Waals surface area contributed by atoms with Gasteiger partial charge in [-0.3, -0.25) is 9.59 Å². The first-order valence-electron chi connectivity index (χ1n) is 7.74. The minimum absolute atomic E-state index is 0.0109. The number of carbonyl (C=O) groups is 2. The summed E-state index contributed by atoms with van der Waals surface area (Å²) in [4.78, 5) is 28.9. The first kappa shape index (κ1) is 15.5. The summed E-state index contributed by atoms with van der Waals surface area (Å²) in [7, 11) is 0. The average molecular weight is 366 g/mol. The maximum atomic E-state index is 12.7. The third-order valence-electron chi connectivity index (χ3n) is 4.30. The summed E-state index contributed by atoms with van der Waals surface area (Å²) >= 11 is 3.48. The smallest absolute Gasteiger partial charge is 0.239 e. The molecule has 2 aliphatic rings. The molecular weight excluding hydrogens is 346 g/mol. The summed E-state index contributed by atoms with van der Waals surface area (Å²) < 4.78 is 0.885. The molecule has 2 fully saturated rings. The van der Waals surface area contributed by atoms with Crippen LogP contribution in [0.5, 0.6) is 0 Å². The second-order valence-electron chi connectivity index (χ2n) is 5.71. The fourth-order valence-electron chi connectivity index (χ4n) is 3.11. The Morgan fingerprint density at radius 1 is 1.18 bits per heavy atom. The molecule has 2 amide bonds. The monoisotopic (exact) mass is 365 g/mol. The highest BCUT2D eigenvalue weighted by molar-refractivity contribution is 9.10. The molecule has 0 aromatic heterocycles. The Balaban J connectivity index is 1.73. The number of hydrogen-bond acceptors (Lipinski definition) is 3. The van der Waals surface area contributed by atoms with Crippen LogP contribution in [0, 0.1) is 5.92 Å². The molecule has 118 valence electrons. The van der Waals surface area contributed by atoms with Crippen LogP contribution in [0.25, 0.3) is 0 Å². The maximum Gasteiger partial charge on any atom is 0.239 e. The summed E-state index contributed by atoms with van der Waals surface area (Å²) in [6.45, 7) is 3.78. The van der Waals surface area contributed by atoms with E-state index in [1.54, 1.807) is 4.90 Å². The van der Waals surface area contributed by atoms with Crippen molar-refractivity contribution in [3.8, 4) is 0 Å². The number of para-hydroxylation sites is 1. The van der Waals surface area contributed by atoms with Crippen LogP contribution >= 0.6 is 15.9 Å². The fraction of sp³-hybridized carbons (Fsp3) is 0.500. The van der Waals surface area contributed by atoms with Crippen LogP contribution < -0.4 is 10.2 Å². The van der Waals surface area contributed by atoms with E-state index in [0.717, 1.165) is 36.2 Å². The zero-order valence-corrected chi connectivity index (χ0v) is 14.0. The van der Waals surface area contributed by atoms with Crippen molar-refractivity contribution in [2.45, 2.75) is 12.8 Å². The quantitative estimate of drug-likeness (QED) is 0.810. The number of halogens is 1. The summed E-state index contributed by atoms with van der Waals surface area (Å²) in [5.74, 6) is -0.609. The van der Waals surface area contributed by atoms with E-state index in [1.165, 1.54) is 0 Å². The summed E-state index contributed by atoms with van der Waals surface area (Å²) in [6, 6.07) is 7.65.